The van der Waals surface area contributed by atoms with Crippen LogP contribution in [-0.4, -0.2) is 46.3 Å². The summed E-state index contributed by atoms with van der Waals surface area (Å²) in [6.07, 6.45) is -5.83. The van der Waals surface area contributed by atoms with Crippen LogP contribution in [0.15, 0.2) is 28.7 Å². The number of ketones is 1. The van der Waals surface area contributed by atoms with Crippen LogP contribution in [0.25, 0.3) is 11.5 Å². The molecule has 0 saturated heterocycles. The number of hydrogen-bond acceptors (Lipinski definition) is 7. The molecule has 182 valence electrons. The fourth-order valence-electron chi connectivity index (χ4n) is 2.90. The number of amides is 1. The third kappa shape index (κ3) is 7.77. The molecular formula is C20H23F5N4O4. The van der Waals surface area contributed by atoms with Crippen molar-refractivity contribution in [1.82, 2.24) is 15.5 Å². The van der Waals surface area contributed by atoms with Crippen LogP contribution >= 0.6 is 0 Å². The van der Waals surface area contributed by atoms with Crippen LogP contribution in [0.5, 0.6) is 5.75 Å². The Morgan fingerprint density at radius 3 is 2.30 bits per heavy atom. The molecule has 3 N–H and O–H groups in total. The maximum atomic E-state index is 13.7. The average Bonchev–Trinajstić information content (AvgIpc) is 3.20. The van der Waals surface area contributed by atoms with Crippen LogP contribution < -0.4 is 15.8 Å². The van der Waals surface area contributed by atoms with Gasteiger partial charge in [0.25, 0.3) is 5.89 Å². The van der Waals surface area contributed by atoms with E-state index in [0.717, 1.165) is 12.1 Å². The van der Waals surface area contributed by atoms with Crippen LogP contribution in [0, 0.1) is 0 Å². The minimum atomic E-state index is -4.85. The Hall–Kier alpha value is -3.09. The smallest absolute Gasteiger partial charge is 0.414 e. The number of halogens is 5. The van der Waals surface area contributed by atoms with E-state index in [9.17, 15) is 31.5 Å². The molecule has 2 aromatic rings. The van der Waals surface area contributed by atoms with Crippen molar-refractivity contribution in [3.8, 4) is 17.2 Å². The van der Waals surface area contributed by atoms with E-state index in [0.29, 0.717) is 0 Å². The first-order valence-corrected chi connectivity index (χ1v) is 10.0. The maximum Gasteiger partial charge on any atom is 0.573 e. The van der Waals surface area contributed by atoms with E-state index in [4.69, 9.17) is 10.2 Å². The Kier molecular flexibility index (Phi) is 8.47. The van der Waals surface area contributed by atoms with E-state index < -0.39 is 60.5 Å². The minimum Gasteiger partial charge on any atom is -0.414 e. The van der Waals surface area contributed by atoms with Gasteiger partial charge in [-0.25, -0.2) is 8.78 Å². The molecule has 0 aliphatic heterocycles. The molecule has 0 bridgehead atoms. The first-order valence-electron chi connectivity index (χ1n) is 10.0. The van der Waals surface area contributed by atoms with E-state index in [2.05, 4.69) is 20.3 Å². The second-order valence-electron chi connectivity index (χ2n) is 7.23. The van der Waals surface area contributed by atoms with E-state index >= 15 is 0 Å². The molecule has 0 aliphatic rings. The first kappa shape index (κ1) is 26.2. The van der Waals surface area contributed by atoms with Gasteiger partial charge >= 0.3 is 6.36 Å². The number of nitrogens with zero attached hydrogens (tertiary/aromatic N) is 2. The summed E-state index contributed by atoms with van der Waals surface area (Å²) in [5.74, 6) is -5.90. The summed E-state index contributed by atoms with van der Waals surface area (Å²) in [6, 6.07) is 1.82. The molecule has 1 heterocycles. The lowest BCUT2D eigenvalue weighted by atomic mass is 10.0. The molecular weight excluding hydrogens is 455 g/mol. The number of alkyl halides is 5. The summed E-state index contributed by atoms with van der Waals surface area (Å²) in [7, 11) is 0. The maximum absolute atomic E-state index is 13.7. The number of aromatic nitrogens is 2. The Labute approximate surface area is 185 Å². The van der Waals surface area contributed by atoms with E-state index in [1.165, 1.54) is 12.1 Å². The van der Waals surface area contributed by atoms with E-state index in [-0.39, 0.29) is 24.3 Å². The third-order valence-electron chi connectivity index (χ3n) is 4.48. The second-order valence-corrected chi connectivity index (χ2v) is 7.23. The van der Waals surface area contributed by atoms with Crippen LogP contribution in [0.3, 0.4) is 0 Å². The number of Topliss-reactive ketones (excluding diaryl/α,β-unsaturated/α-hetero) is 1. The number of hydrogen-bond donors (Lipinski definition) is 2. The largest absolute Gasteiger partial charge is 0.573 e. The number of benzene rings is 1. The van der Waals surface area contributed by atoms with Gasteiger partial charge in [-0.2, -0.15) is 0 Å². The summed E-state index contributed by atoms with van der Waals surface area (Å²) < 4.78 is 73.2. The van der Waals surface area contributed by atoms with Crippen molar-refractivity contribution in [1.29, 1.82) is 0 Å². The van der Waals surface area contributed by atoms with Crippen molar-refractivity contribution in [2.75, 3.05) is 0 Å². The second kappa shape index (κ2) is 10.7. The van der Waals surface area contributed by atoms with Crippen molar-refractivity contribution in [2.24, 2.45) is 5.73 Å². The van der Waals surface area contributed by atoms with Gasteiger partial charge in [0.1, 0.15) is 5.75 Å². The number of nitrogens with one attached hydrogen (secondary N) is 1. The normalized spacial score (nSPS) is 13.9. The fourth-order valence-corrected chi connectivity index (χ4v) is 2.90. The Morgan fingerprint density at radius 1 is 1.12 bits per heavy atom. The molecule has 0 spiro atoms. The van der Waals surface area contributed by atoms with Crippen molar-refractivity contribution in [3.05, 3.63) is 30.2 Å². The highest BCUT2D eigenvalue weighted by atomic mass is 19.4. The predicted octanol–water partition coefficient (Wildman–Crippen LogP) is 3.87. The lowest BCUT2D eigenvalue weighted by molar-refractivity contribution is -0.274. The van der Waals surface area contributed by atoms with Gasteiger partial charge < -0.3 is 20.2 Å². The quantitative estimate of drug-likeness (QED) is 0.372. The topological polar surface area (TPSA) is 120 Å². The Bertz CT molecular complexity index is 947. The van der Waals surface area contributed by atoms with Gasteiger partial charge in [-0.3, -0.25) is 9.59 Å². The SMILES string of the molecule is CCCC(F)(F)C[C@H](N)C(=O)N[C@@H](CC)C(=O)c1nnc(-c2ccc(OC(F)(F)F)cc2)o1. The van der Waals surface area contributed by atoms with Crippen molar-refractivity contribution in [2.45, 2.75) is 63.9 Å². The molecule has 0 unspecified atom stereocenters. The standard InChI is InChI=1S/C20H23F5N4O4/c1-3-9-19(21,22)10-13(26)16(31)27-14(4-2)15(30)18-29-28-17(32-18)11-5-7-12(8-6-11)33-20(23,24)25/h5-8,13-14H,3-4,9-10,26H2,1-2H3,(H,27,31)/t13-,14-/m0/s1. The van der Waals surface area contributed by atoms with Crippen LogP contribution in [0.2, 0.25) is 0 Å². The Morgan fingerprint density at radius 2 is 1.76 bits per heavy atom. The predicted molar refractivity (Wildman–Crippen MR) is 105 cm³/mol. The number of carbonyl (C=O) groups excluding carboxylic acids is 2. The number of carbonyl (C=O) groups is 2. The van der Waals surface area contributed by atoms with Crippen LogP contribution in [0.1, 0.15) is 50.2 Å². The summed E-state index contributed by atoms with van der Waals surface area (Å²) >= 11 is 0. The van der Waals surface area contributed by atoms with Crippen molar-refractivity contribution < 1.29 is 40.7 Å². The van der Waals surface area contributed by atoms with Gasteiger partial charge in [0, 0.05) is 18.4 Å². The number of nitrogens with two attached hydrogens (primary N) is 1. The van der Waals surface area contributed by atoms with E-state index in [1.54, 1.807) is 13.8 Å². The van der Waals surface area contributed by atoms with Gasteiger partial charge in [0.15, 0.2) is 0 Å². The zero-order valence-corrected chi connectivity index (χ0v) is 17.8. The summed E-state index contributed by atoms with van der Waals surface area (Å²) in [4.78, 5) is 24.8. The van der Waals surface area contributed by atoms with Gasteiger partial charge in [-0.1, -0.05) is 20.3 Å². The lowest BCUT2D eigenvalue weighted by Crippen LogP contribution is -2.50. The highest BCUT2D eigenvalue weighted by Crippen LogP contribution is 2.27. The molecule has 0 radical (unpaired) electrons. The molecule has 1 aromatic heterocycles. The summed E-state index contributed by atoms with van der Waals surface area (Å²) in [5.41, 5.74) is 5.79. The van der Waals surface area contributed by atoms with Crippen molar-refractivity contribution >= 4 is 11.7 Å². The molecule has 13 heteroatoms. The lowest BCUT2D eigenvalue weighted by Gasteiger charge is -2.21. The minimum absolute atomic E-state index is 0.0871. The van der Waals surface area contributed by atoms with Gasteiger partial charge in [0.05, 0.1) is 12.1 Å². The molecule has 2 atom stereocenters. The Balaban J connectivity index is 2.05. The molecule has 33 heavy (non-hydrogen) atoms. The van der Waals surface area contributed by atoms with Gasteiger partial charge in [-0.05, 0) is 30.7 Å². The van der Waals surface area contributed by atoms with Gasteiger partial charge in [0.2, 0.25) is 23.5 Å². The number of rotatable bonds is 11. The molecule has 0 fully saturated rings. The summed E-state index contributed by atoms with van der Waals surface area (Å²) in [5, 5.41) is 9.58. The molecule has 2 rings (SSSR count). The molecule has 0 saturated carbocycles. The highest BCUT2D eigenvalue weighted by molar-refractivity contribution is 5.99. The summed E-state index contributed by atoms with van der Waals surface area (Å²) in [6.45, 7) is 3.14. The van der Waals surface area contributed by atoms with Crippen LogP contribution in [-0.2, 0) is 4.79 Å². The fraction of sp³-hybridized carbons (Fsp3) is 0.500. The third-order valence-corrected chi connectivity index (χ3v) is 4.48. The molecule has 1 amide bonds. The first-order chi connectivity index (χ1) is 15.3. The average molecular weight is 478 g/mol. The monoisotopic (exact) mass is 478 g/mol. The number of ether oxygens (including phenoxy) is 1. The van der Waals surface area contributed by atoms with E-state index in [1.807, 2.05) is 0 Å². The highest BCUT2D eigenvalue weighted by Gasteiger charge is 2.35. The zero-order chi connectivity index (χ0) is 24.8. The molecule has 8 nitrogen and oxygen atoms in total. The van der Waals surface area contributed by atoms with Crippen LogP contribution in [0.4, 0.5) is 22.0 Å². The zero-order valence-electron chi connectivity index (χ0n) is 17.8. The molecule has 0 aliphatic carbocycles. The van der Waals surface area contributed by atoms with Gasteiger partial charge in [-0.15, -0.1) is 23.4 Å². The molecule has 1 aromatic carbocycles. The van der Waals surface area contributed by atoms with Crippen molar-refractivity contribution in [3.63, 3.8) is 0 Å².